The second-order valence-corrected chi connectivity index (χ2v) is 13.0. The molecule has 2 saturated heterocycles. The zero-order valence-electron chi connectivity index (χ0n) is 27.1. The number of nitrogen functional groups attached to an aromatic ring is 1. The molecule has 0 radical (unpaired) electrons. The minimum absolute atomic E-state index is 0.0466. The highest BCUT2D eigenvalue weighted by atomic mass is 31.2. The molecule has 0 saturated carbocycles. The summed E-state index contributed by atoms with van der Waals surface area (Å²) in [7, 11) is -4.54. The predicted molar refractivity (Wildman–Crippen MR) is 169 cm³/mol. The van der Waals surface area contributed by atoms with Crippen molar-refractivity contribution in [3.63, 3.8) is 0 Å². The maximum absolute atomic E-state index is 14.4. The normalized spacial score (nSPS) is 23.8. The Labute approximate surface area is 281 Å². The molecule has 17 nitrogen and oxygen atoms in total. The SMILES string of the molecule is [C-]#[N+][C@]1(COP(=O)(N[C@@H](C)C(=O)OCC2COC2)Oc2ccccc2)O[C@@H](c2ccc3c(N)ncnn23)[C@H](OC(=O)CC)[C@@H]1OC(=O)CC. The third-order valence-electron chi connectivity index (χ3n) is 7.75. The summed E-state index contributed by atoms with van der Waals surface area (Å²) in [5.74, 6) is -1.81. The van der Waals surface area contributed by atoms with Gasteiger partial charge in [-0.1, -0.05) is 32.0 Å². The average Bonchev–Trinajstić information content (AvgIpc) is 3.63. The molecule has 6 atom stereocenters. The van der Waals surface area contributed by atoms with E-state index in [1.807, 2.05) is 0 Å². The molecule has 3 aromatic rings. The number of carbonyl (C=O) groups is 3. The molecule has 0 amide bonds. The number of benzene rings is 1. The minimum atomic E-state index is -4.54. The molecular formula is C31H37N6O11P. The Morgan fingerprint density at radius 3 is 2.51 bits per heavy atom. The van der Waals surface area contributed by atoms with Crippen LogP contribution in [0.25, 0.3) is 10.4 Å². The van der Waals surface area contributed by atoms with Gasteiger partial charge in [-0.25, -0.2) is 20.6 Å². The molecule has 262 valence electrons. The molecule has 2 aromatic heterocycles. The lowest BCUT2D eigenvalue weighted by Gasteiger charge is -2.28. The predicted octanol–water partition coefficient (Wildman–Crippen LogP) is 3.01. The van der Waals surface area contributed by atoms with Crippen LogP contribution in [0.2, 0.25) is 0 Å². The summed E-state index contributed by atoms with van der Waals surface area (Å²) in [5, 5.41) is 6.81. The first-order valence-electron chi connectivity index (χ1n) is 15.6. The van der Waals surface area contributed by atoms with Gasteiger partial charge in [0.1, 0.15) is 29.7 Å². The molecule has 1 unspecified atom stereocenters. The van der Waals surface area contributed by atoms with Crippen molar-refractivity contribution in [2.75, 3.05) is 32.2 Å². The van der Waals surface area contributed by atoms with Crippen molar-refractivity contribution in [2.45, 2.75) is 63.7 Å². The molecule has 2 aliphatic heterocycles. The van der Waals surface area contributed by atoms with E-state index in [2.05, 4.69) is 20.0 Å². The number of hydrogen-bond acceptors (Lipinski definition) is 14. The Morgan fingerprint density at radius 2 is 1.86 bits per heavy atom. The lowest BCUT2D eigenvalue weighted by molar-refractivity contribution is -0.169. The van der Waals surface area contributed by atoms with Crippen molar-refractivity contribution in [1.29, 1.82) is 0 Å². The van der Waals surface area contributed by atoms with Gasteiger partial charge in [-0.05, 0) is 31.2 Å². The quantitative estimate of drug-likeness (QED) is 0.101. The van der Waals surface area contributed by atoms with E-state index in [1.165, 1.54) is 29.9 Å². The van der Waals surface area contributed by atoms with Gasteiger partial charge in [-0.2, -0.15) is 10.2 Å². The van der Waals surface area contributed by atoms with Crippen LogP contribution in [-0.2, 0) is 47.2 Å². The Morgan fingerprint density at radius 1 is 1.14 bits per heavy atom. The third kappa shape index (κ3) is 8.01. The van der Waals surface area contributed by atoms with Crippen LogP contribution in [0.1, 0.15) is 45.4 Å². The first-order valence-corrected chi connectivity index (χ1v) is 17.1. The smallest absolute Gasteiger partial charge is 0.459 e. The summed E-state index contributed by atoms with van der Waals surface area (Å²) in [5.41, 5.74) is 4.47. The topological polar surface area (TPSA) is 205 Å². The molecule has 1 aromatic carbocycles. The molecule has 0 bridgehead atoms. The molecule has 3 N–H and O–H groups in total. The number of hydrogen-bond donors (Lipinski definition) is 2. The molecular weight excluding hydrogens is 663 g/mol. The van der Waals surface area contributed by atoms with Crippen molar-refractivity contribution in [3.8, 4) is 5.75 Å². The van der Waals surface area contributed by atoms with Crippen LogP contribution in [0.5, 0.6) is 5.75 Å². The fourth-order valence-corrected chi connectivity index (χ4v) is 6.56. The lowest BCUT2D eigenvalue weighted by Crippen LogP contribution is -2.48. The van der Waals surface area contributed by atoms with E-state index >= 15 is 0 Å². The molecule has 0 aliphatic carbocycles. The van der Waals surface area contributed by atoms with Crippen molar-refractivity contribution in [2.24, 2.45) is 5.92 Å². The first kappa shape index (κ1) is 35.7. The second kappa shape index (κ2) is 15.3. The Hall–Kier alpha value is -4.59. The Bertz CT molecular complexity index is 1750. The number of para-hydroxylation sites is 1. The maximum Gasteiger partial charge on any atom is 0.459 e. The number of nitrogens with zero attached hydrogens (tertiary/aromatic N) is 4. The van der Waals surface area contributed by atoms with Crippen LogP contribution in [0.15, 0.2) is 48.8 Å². The van der Waals surface area contributed by atoms with Crippen LogP contribution >= 0.6 is 7.75 Å². The molecule has 18 heteroatoms. The number of esters is 3. The zero-order valence-corrected chi connectivity index (χ0v) is 27.9. The molecule has 49 heavy (non-hydrogen) atoms. The zero-order chi connectivity index (χ0) is 35.2. The van der Waals surface area contributed by atoms with E-state index in [4.69, 9.17) is 45.0 Å². The molecule has 5 rings (SSSR count). The second-order valence-electron chi connectivity index (χ2n) is 11.3. The van der Waals surface area contributed by atoms with Crippen LogP contribution < -0.4 is 15.3 Å². The number of fused-ring (bicyclic) bond motifs is 1. The monoisotopic (exact) mass is 700 g/mol. The standard InChI is InChI=1S/C31H37N6O11P/c1-5-24(38)45-27-26(22-12-13-23-29(32)34-18-35-37(22)23)47-31(33-4,28(27)46-25(39)6-2)17-44-49(41,48-21-10-8-7-9-11-21)36-19(3)30(40)43-16-20-14-42-15-20/h7-13,18-20,26-28H,5-6,14-17H2,1-3H3,(H,36,41)(H2,32,34,35)/t19-,26-,27-,28-,31+,49?/m0/s1. The molecule has 2 fully saturated rings. The first-order chi connectivity index (χ1) is 23.5. The highest BCUT2D eigenvalue weighted by Crippen LogP contribution is 2.50. The Kier molecular flexibility index (Phi) is 11.2. The lowest BCUT2D eigenvalue weighted by atomic mass is 10.0. The van der Waals surface area contributed by atoms with Gasteiger partial charge in [0.05, 0.1) is 25.5 Å². The van der Waals surface area contributed by atoms with Crippen LogP contribution in [0.4, 0.5) is 5.82 Å². The number of nitrogens with one attached hydrogen (secondary N) is 1. The molecule has 0 spiro atoms. The van der Waals surface area contributed by atoms with Gasteiger partial charge in [0.15, 0.2) is 18.5 Å². The molecule has 2 aliphatic rings. The Balaban J connectivity index is 1.49. The summed E-state index contributed by atoms with van der Waals surface area (Å²) in [4.78, 5) is 46.0. The van der Waals surface area contributed by atoms with E-state index in [0.717, 1.165) is 0 Å². The van der Waals surface area contributed by atoms with Crippen LogP contribution in [0, 0.1) is 12.5 Å². The third-order valence-corrected chi connectivity index (χ3v) is 9.38. The summed E-state index contributed by atoms with van der Waals surface area (Å²) in [6.07, 6.45) is -3.16. The number of anilines is 1. The number of nitrogens with two attached hydrogens (primary N) is 1. The summed E-state index contributed by atoms with van der Waals surface area (Å²) in [6.45, 7) is 13.0. The van der Waals surface area contributed by atoms with E-state index in [1.54, 1.807) is 44.2 Å². The number of aromatic nitrogens is 3. The van der Waals surface area contributed by atoms with Gasteiger partial charge < -0.3 is 29.2 Å². The van der Waals surface area contributed by atoms with E-state index in [9.17, 15) is 18.9 Å². The largest absolute Gasteiger partial charge is 0.464 e. The highest BCUT2D eigenvalue weighted by molar-refractivity contribution is 7.52. The number of ether oxygens (including phenoxy) is 5. The van der Waals surface area contributed by atoms with Crippen molar-refractivity contribution in [1.82, 2.24) is 19.7 Å². The minimum Gasteiger partial charge on any atom is -0.464 e. The number of rotatable bonds is 15. The van der Waals surface area contributed by atoms with Crippen molar-refractivity contribution in [3.05, 3.63) is 65.9 Å². The maximum atomic E-state index is 14.4. The summed E-state index contributed by atoms with van der Waals surface area (Å²) in [6, 6.07) is 10.0. The summed E-state index contributed by atoms with van der Waals surface area (Å²) < 4.78 is 55.6. The van der Waals surface area contributed by atoms with Crippen molar-refractivity contribution < 1.29 is 51.7 Å². The fraction of sp³-hybridized carbons (Fsp3) is 0.484. The molecule has 4 heterocycles. The van der Waals surface area contributed by atoms with E-state index in [0.29, 0.717) is 18.7 Å². The van der Waals surface area contributed by atoms with Gasteiger partial charge in [-0.15, -0.1) is 0 Å². The summed E-state index contributed by atoms with van der Waals surface area (Å²) >= 11 is 0. The highest BCUT2D eigenvalue weighted by Gasteiger charge is 2.67. The van der Waals surface area contributed by atoms with E-state index < -0.39 is 62.3 Å². The van der Waals surface area contributed by atoms with Gasteiger partial charge in [0.2, 0.25) is 6.10 Å². The van der Waals surface area contributed by atoms with Gasteiger partial charge in [-0.3, -0.25) is 28.5 Å². The van der Waals surface area contributed by atoms with Gasteiger partial charge in [0, 0.05) is 18.8 Å². The van der Waals surface area contributed by atoms with Crippen LogP contribution in [-0.4, -0.2) is 82.9 Å². The number of carbonyl (C=O) groups excluding carboxylic acids is 3. The van der Waals surface area contributed by atoms with E-state index in [-0.39, 0.29) is 42.6 Å². The van der Waals surface area contributed by atoms with Crippen LogP contribution in [0.3, 0.4) is 0 Å². The van der Waals surface area contributed by atoms with Gasteiger partial charge in [0.25, 0.3) is 0 Å². The van der Waals surface area contributed by atoms with Gasteiger partial charge >= 0.3 is 31.4 Å². The van der Waals surface area contributed by atoms with Crippen molar-refractivity contribution >= 4 is 37.0 Å². The average molecular weight is 701 g/mol. The fourth-order valence-electron chi connectivity index (χ4n) is 5.05.